The van der Waals surface area contributed by atoms with E-state index in [1.54, 1.807) is 24.3 Å². The van der Waals surface area contributed by atoms with Gasteiger partial charge in [0.15, 0.2) is 0 Å². The second kappa shape index (κ2) is 6.04. The molecule has 0 saturated carbocycles. The van der Waals surface area contributed by atoms with E-state index in [1.165, 1.54) is 0 Å². The smallest absolute Gasteiger partial charge is 0.306 e. The molecule has 0 aliphatic carbocycles. The Morgan fingerprint density at radius 2 is 1.74 bits per heavy atom. The van der Waals surface area contributed by atoms with Gasteiger partial charge >= 0.3 is 5.97 Å². The lowest BCUT2D eigenvalue weighted by molar-refractivity contribution is -0.141. The Hall–Kier alpha value is -1.59. The molecule has 1 aromatic carbocycles. The van der Waals surface area contributed by atoms with E-state index in [-0.39, 0.29) is 5.60 Å². The molecule has 2 unspecified atom stereocenters. The fourth-order valence-electron chi connectivity index (χ4n) is 1.60. The van der Waals surface area contributed by atoms with E-state index >= 15 is 0 Å². The number of aliphatic carboxylic acids is 1. The molecule has 5 nitrogen and oxygen atoms in total. The quantitative estimate of drug-likeness (QED) is 0.757. The van der Waals surface area contributed by atoms with E-state index in [2.05, 4.69) is 0 Å². The van der Waals surface area contributed by atoms with Gasteiger partial charge in [-0.1, -0.05) is 12.1 Å². The highest BCUT2D eigenvalue weighted by Crippen LogP contribution is 2.23. The summed E-state index contributed by atoms with van der Waals surface area (Å²) in [6.45, 7) is 5.77. The summed E-state index contributed by atoms with van der Waals surface area (Å²) in [5, 5.41) is 27.9. The maximum atomic E-state index is 10.5. The Bertz CT molecular complexity index is 418. The van der Waals surface area contributed by atoms with Crippen molar-refractivity contribution in [2.45, 2.75) is 45.0 Å². The van der Waals surface area contributed by atoms with E-state index in [4.69, 9.17) is 9.84 Å². The average Bonchev–Trinajstić information content (AvgIpc) is 2.26. The number of carboxylic acids is 1. The largest absolute Gasteiger partial charge is 0.488 e. The van der Waals surface area contributed by atoms with Crippen molar-refractivity contribution >= 4 is 5.97 Å². The molecule has 0 spiro atoms. The van der Waals surface area contributed by atoms with Crippen LogP contribution in [0.2, 0.25) is 0 Å². The number of benzene rings is 1. The lowest BCUT2D eigenvalue weighted by Crippen LogP contribution is -2.23. The van der Waals surface area contributed by atoms with Crippen molar-refractivity contribution < 1.29 is 24.9 Å². The number of carbonyl (C=O) groups is 1. The zero-order valence-corrected chi connectivity index (χ0v) is 11.3. The van der Waals surface area contributed by atoms with Gasteiger partial charge in [-0.3, -0.25) is 4.79 Å². The van der Waals surface area contributed by atoms with Gasteiger partial charge in [0.1, 0.15) is 17.5 Å². The van der Waals surface area contributed by atoms with E-state index in [9.17, 15) is 15.0 Å². The van der Waals surface area contributed by atoms with Crippen LogP contribution in [-0.2, 0) is 4.79 Å². The number of hydrogen-bond donors (Lipinski definition) is 3. The van der Waals surface area contributed by atoms with Gasteiger partial charge in [-0.05, 0) is 38.5 Å². The van der Waals surface area contributed by atoms with Gasteiger partial charge in [-0.15, -0.1) is 0 Å². The molecular formula is C14H20O5. The molecule has 1 rings (SSSR count). The van der Waals surface area contributed by atoms with Gasteiger partial charge in [0.05, 0.1) is 12.5 Å². The Morgan fingerprint density at radius 3 is 2.16 bits per heavy atom. The van der Waals surface area contributed by atoms with E-state index in [1.807, 2.05) is 20.8 Å². The van der Waals surface area contributed by atoms with Crippen molar-refractivity contribution in [2.75, 3.05) is 0 Å². The molecule has 0 bridgehead atoms. The highest BCUT2D eigenvalue weighted by atomic mass is 16.5. The SMILES string of the molecule is CC(C)(C)Oc1ccc(C(O)C(O)CC(=O)O)cc1. The number of hydrogen-bond acceptors (Lipinski definition) is 4. The molecule has 0 fully saturated rings. The lowest BCUT2D eigenvalue weighted by atomic mass is 10.0. The average molecular weight is 268 g/mol. The second-order valence-electron chi connectivity index (χ2n) is 5.39. The molecule has 0 saturated heterocycles. The number of rotatable bonds is 5. The van der Waals surface area contributed by atoms with E-state index in [0.717, 1.165) is 0 Å². The molecule has 0 radical (unpaired) electrons. The molecule has 19 heavy (non-hydrogen) atoms. The molecule has 0 aromatic heterocycles. The normalized spacial score (nSPS) is 14.8. The van der Waals surface area contributed by atoms with Gasteiger partial charge in [-0.2, -0.15) is 0 Å². The van der Waals surface area contributed by atoms with Crippen molar-refractivity contribution in [3.63, 3.8) is 0 Å². The van der Waals surface area contributed by atoms with Gasteiger partial charge in [-0.25, -0.2) is 0 Å². The predicted octanol–water partition coefficient (Wildman–Crippen LogP) is 1.73. The highest BCUT2D eigenvalue weighted by Gasteiger charge is 2.21. The van der Waals surface area contributed by atoms with Crippen molar-refractivity contribution in [1.29, 1.82) is 0 Å². The molecule has 0 aliphatic heterocycles. The van der Waals surface area contributed by atoms with Crippen LogP contribution in [0.5, 0.6) is 5.75 Å². The summed E-state index contributed by atoms with van der Waals surface area (Å²) >= 11 is 0. The lowest BCUT2D eigenvalue weighted by Gasteiger charge is -2.22. The number of carboxylic acid groups (broad SMARTS) is 1. The van der Waals surface area contributed by atoms with Crippen LogP contribution >= 0.6 is 0 Å². The van der Waals surface area contributed by atoms with Gasteiger partial charge in [0, 0.05) is 0 Å². The fourth-order valence-corrected chi connectivity index (χ4v) is 1.60. The third-order valence-corrected chi connectivity index (χ3v) is 2.39. The Labute approximate surface area is 112 Å². The molecule has 0 heterocycles. The van der Waals surface area contributed by atoms with Crippen LogP contribution in [-0.4, -0.2) is 33.0 Å². The topological polar surface area (TPSA) is 87.0 Å². The maximum absolute atomic E-state index is 10.5. The molecular weight excluding hydrogens is 248 g/mol. The van der Waals surface area contributed by atoms with Crippen LogP contribution in [0.4, 0.5) is 0 Å². The molecule has 0 amide bonds. The minimum atomic E-state index is -1.33. The monoisotopic (exact) mass is 268 g/mol. The van der Waals surface area contributed by atoms with Crippen LogP contribution in [0.1, 0.15) is 38.9 Å². The summed E-state index contributed by atoms with van der Waals surface area (Å²) in [5.74, 6) is -0.504. The van der Waals surface area contributed by atoms with Gasteiger partial charge < -0.3 is 20.1 Å². The minimum Gasteiger partial charge on any atom is -0.488 e. The summed E-state index contributed by atoms with van der Waals surface area (Å²) in [6, 6.07) is 6.57. The van der Waals surface area contributed by atoms with Crippen molar-refractivity contribution in [3.8, 4) is 5.75 Å². The highest BCUT2D eigenvalue weighted by molar-refractivity contribution is 5.67. The van der Waals surface area contributed by atoms with Gasteiger partial charge in [0.2, 0.25) is 0 Å². The summed E-state index contributed by atoms with van der Waals surface area (Å²) in [6.07, 6.45) is -3.05. The van der Waals surface area contributed by atoms with E-state index < -0.39 is 24.6 Å². The molecule has 106 valence electrons. The second-order valence-corrected chi connectivity index (χ2v) is 5.39. The van der Waals surface area contributed by atoms with Gasteiger partial charge in [0.25, 0.3) is 0 Å². The third-order valence-electron chi connectivity index (χ3n) is 2.39. The van der Waals surface area contributed by atoms with Crippen LogP contribution < -0.4 is 4.74 Å². The first-order valence-corrected chi connectivity index (χ1v) is 6.06. The minimum absolute atomic E-state index is 0.317. The van der Waals surface area contributed by atoms with Crippen molar-refractivity contribution in [1.82, 2.24) is 0 Å². The first-order chi connectivity index (χ1) is 8.69. The Morgan fingerprint density at radius 1 is 1.21 bits per heavy atom. The first kappa shape index (κ1) is 15.5. The van der Waals surface area contributed by atoms with Crippen molar-refractivity contribution in [3.05, 3.63) is 29.8 Å². The van der Waals surface area contributed by atoms with Crippen molar-refractivity contribution in [2.24, 2.45) is 0 Å². The number of aliphatic hydroxyl groups is 2. The Balaban J connectivity index is 2.73. The van der Waals surface area contributed by atoms with E-state index in [0.29, 0.717) is 11.3 Å². The number of ether oxygens (including phenoxy) is 1. The zero-order chi connectivity index (χ0) is 14.6. The summed E-state index contributed by atoms with van der Waals surface area (Å²) in [5.41, 5.74) is 0.137. The van der Waals surface area contributed by atoms with Crippen LogP contribution in [0.15, 0.2) is 24.3 Å². The molecule has 0 aliphatic rings. The molecule has 1 aromatic rings. The fraction of sp³-hybridized carbons (Fsp3) is 0.500. The van der Waals surface area contributed by atoms with Crippen LogP contribution in [0.3, 0.4) is 0 Å². The van der Waals surface area contributed by atoms with Crippen LogP contribution in [0, 0.1) is 0 Å². The molecule has 5 heteroatoms. The summed E-state index contributed by atoms with van der Waals surface area (Å²) < 4.78 is 5.62. The predicted molar refractivity (Wildman–Crippen MR) is 70.0 cm³/mol. The first-order valence-electron chi connectivity index (χ1n) is 6.06. The third kappa shape index (κ3) is 5.28. The van der Waals surface area contributed by atoms with Crippen LogP contribution in [0.25, 0.3) is 0 Å². The molecule has 3 N–H and O–H groups in total. The summed E-state index contributed by atoms with van der Waals surface area (Å²) in [7, 11) is 0. The zero-order valence-electron chi connectivity index (χ0n) is 11.3. The maximum Gasteiger partial charge on any atom is 0.306 e. The summed E-state index contributed by atoms with van der Waals surface area (Å²) in [4.78, 5) is 10.5. The standard InChI is InChI=1S/C14H20O5/c1-14(2,3)19-10-6-4-9(5-7-10)13(18)11(15)8-12(16)17/h4-7,11,13,15,18H,8H2,1-3H3,(H,16,17). The number of aliphatic hydroxyl groups excluding tert-OH is 2. The molecule has 2 atom stereocenters. The Kier molecular flexibility index (Phi) is 4.91.